The van der Waals surface area contributed by atoms with Gasteiger partial charge >= 0.3 is 0 Å². The second-order valence-electron chi connectivity index (χ2n) is 3.30. The predicted molar refractivity (Wildman–Crippen MR) is 53.9 cm³/mol. The summed E-state index contributed by atoms with van der Waals surface area (Å²) in [6.07, 6.45) is 1.03. The number of hydrogen-bond acceptors (Lipinski definition) is 3. The van der Waals surface area contributed by atoms with Crippen LogP contribution in [0.3, 0.4) is 0 Å². The summed E-state index contributed by atoms with van der Waals surface area (Å²) in [7, 11) is 0. The second-order valence-corrected chi connectivity index (χ2v) is 3.30. The molecule has 0 saturated heterocycles. The number of aryl methyl sites for hydroxylation is 1. The third kappa shape index (κ3) is 1.29. The van der Waals surface area contributed by atoms with Crippen molar-refractivity contribution in [3.05, 3.63) is 35.9 Å². The zero-order valence-corrected chi connectivity index (χ0v) is 8.01. The van der Waals surface area contributed by atoms with E-state index in [2.05, 4.69) is 4.98 Å². The Balaban J connectivity index is 2.63. The molecular weight excluding hydrogens is 178 g/mol. The maximum atomic E-state index is 9.61. The third-order valence-electron chi connectivity index (χ3n) is 2.34. The van der Waals surface area contributed by atoms with E-state index >= 15 is 0 Å². The fraction of sp³-hybridized carbons (Fsp3) is 0.300. The van der Waals surface area contributed by atoms with Crippen LogP contribution < -0.4 is 5.73 Å². The van der Waals surface area contributed by atoms with E-state index in [1.54, 1.807) is 6.33 Å². The molecule has 0 spiro atoms. The van der Waals surface area contributed by atoms with E-state index in [0.29, 0.717) is 5.69 Å². The van der Waals surface area contributed by atoms with Gasteiger partial charge < -0.3 is 15.2 Å². The van der Waals surface area contributed by atoms with Gasteiger partial charge in [-0.1, -0.05) is 6.07 Å². The Labute approximate surface area is 82.0 Å². The van der Waals surface area contributed by atoms with Gasteiger partial charge in [0.2, 0.25) is 0 Å². The maximum Gasteiger partial charge on any atom is 0.110 e. The van der Waals surface area contributed by atoms with Gasteiger partial charge in [-0.2, -0.15) is 0 Å². The minimum absolute atomic E-state index is 0.195. The van der Waals surface area contributed by atoms with Crippen molar-refractivity contribution in [2.24, 2.45) is 5.73 Å². The first kappa shape index (κ1) is 9.18. The number of aromatic nitrogens is 2. The number of hydrogen-bond donors (Lipinski definition) is 2. The molecule has 0 aromatic carbocycles. The average Bonchev–Trinajstić information content (AvgIpc) is 2.62. The van der Waals surface area contributed by atoms with E-state index in [4.69, 9.17) is 5.73 Å². The van der Waals surface area contributed by atoms with E-state index in [-0.39, 0.29) is 6.54 Å². The van der Waals surface area contributed by atoms with Gasteiger partial charge in [-0.15, -0.1) is 0 Å². The normalized spacial score (nSPS) is 13.4. The fourth-order valence-electron chi connectivity index (χ4n) is 1.55. The van der Waals surface area contributed by atoms with Crippen LogP contribution in [0, 0.1) is 6.92 Å². The molecule has 74 valence electrons. The summed E-state index contributed by atoms with van der Waals surface area (Å²) in [6.45, 7) is 2.19. The van der Waals surface area contributed by atoms with Crippen molar-refractivity contribution < 1.29 is 5.11 Å². The number of rotatable bonds is 2. The Bertz CT molecular complexity index is 450. The van der Waals surface area contributed by atoms with Gasteiger partial charge in [0.15, 0.2) is 0 Å². The van der Waals surface area contributed by atoms with Gasteiger partial charge in [-0.3, -0.25) is 0 Å². The Morgan fingerprint density at radius 1 is 1.57 bits per heavy atom. The molecule has 1 atom stereocenters. The first-order valence-corrected chi connectivity index (χ1v) is 4.54. The topological polar surface area (TPSA) is 63.5 Å². The van der Waals surface area contributed by atoms with Crippen LogP contribution in [0.25, 0.3) is 5.52 Å². The van der Waals surface area contributed by atoms with Gasteiger partial charge in [-0.05, 0) is 19.1 Å². The van der Waals surface area contributed by atoms with Crippen LogP contribution >= 0.6 is 0 Å². The molecule has 3 N–H and O–H groups in total. The Morgan fingerprint density at radius 3 is 3.07 bits per heavy atom. The number of nitrogens with zero attached hydrogens (tertiary/aromatic N) is 2. The minimum atomic E-state index is -0.679. The molecular formula is C10H13N3O. The van der Waals surface area contributed by atoms with E-state index in [1.165, 1.54) is 0 Å². The van der Waals surface area contributed by atoms with Crippen LogP contribution in [0.15, 0.2) is 24.5 Å². The Hall–Kier alpha value is -1.39. The molecule has 2 aromatic heterocycles. The molecule has 2 rings (SSSR count). The zero-order valence-electron chi connectivity index (χ0n) is 8.01. The Morgan fingerprint density at radius 2 is 2.36 bits per heavy atom. The molecule has 0 radical (unpaired) electrons. The summed E-state index contributed by atoms with van der Waals surface area (Å²) in [5.41, 5.74) is 8.05. The summed E-state index contributed by atoms with van der Waals surface area (Å²) < 4.78 is 1.94. The van der Waals surface area contributed by atoms with Crippen LogP contribution in [0.1, 0.15) is 17.5 Å². The predicted octanol–water partition coefficient (Wildman–Crippen LogP) is 0.635. The van der Waals surface area contributed by atoms with Gasteiger partial charge in [0.25, 0.3) is 0 Å². The standard InChI is InChI=1S/C10H13N3O/c1-7-3-2-4-8-10(9(14)5-11)12-6-13(7)8/h2-4,6,9,14H,5,11H2,1H3. The molecule has 0 amide bonds. The lowest BCUT2D eigenvalue weighted by Crippen LogP contribution is -2.12. The first-order chi connectivity index (χ1) is 6.74. The van der Waals surface area contributed by atoms with Crippen LogP contribution in [0.5, 0.6) is 0 Å². The summed E-state index contributed by atoms with van der Waals surface area (Å²) in [4.78, 5) is 4.16. The average molecular weight is 191 g/mol. The van der Waals surface area contributed by atoms with Crippen LogP contribution in [-0.2, 0) is 0 Å². The zero-order chi connectivity index (χ0) is 10.1. The molecule has 14 heavy (non-hydrogen) atoms. The highest BCUT2D eigenvalue weighted by Gasteiger charge is 2.12. The van der Waals surface area contributed by atoms with E-state index in [0.717, 1.165) is 11.2 Å². The maximum absolute atomic E-state index is 9.61. The van der Waals surface area contributed by atoms with Crippen LogP contribution in [0.2, 0.25) is 0 Å². The molecule has 1 unspecified atom stereocenters. The van der Waals surface area contributed by atoms with Crippen LogP contribution in [-0.4, -0.2) is 21.0 Å². The Kier molecular flexibility index (Phi) is 2.23. The number of aliphatic hydroxyl groups is 1. The van der Waals surface area contributed by atoms with Crippen molar-refractivity contribution in [1.82, 2.24) is 9.38 Å². The summed E-state index contributed by atoms with van der Waals surface area (Å²) in [6, 6.07) is 5.86. The molecule has 4 nitrogen and oxygen atoms in total. The summed E-state index contributed by atoms with van der Waals surface area (Å²) in [5, 5.41) is 9.61. The second kappa shape index (κ2) is 3.40. The van der Waals surface area contributed by atoms with Crippen molar-refractivity contribution in [2.75, 3.05) is 6.54 Å². The lowest BCUT2D eigenvalue weighted by molar-refractivity contribution is 0.184. The highest BCUT2D eigenvalue weighted by Crippen LogP contribution is 2.17. The fourth-order valence-corrected chi connectivity index (χ4v) is 1.55. The van der Waals surface area contributed by atoms with Gasteiger partial charge in [0.1, 0.15) is 6.10 Å². The van der Waals surface area contributed by atoms with Crippen LogP contribution in [0.4, 0.5) is 0 Å². The number of nitrogens with two attached hydrogens (primary N) is 1. The molecule has 0 bridgehead atoms. The van der Waals surface area contributed by atoms with Gasteiger partial charge in [0.05, 0.1) is 17.5 Å². The third-order valence-corrected chi connectivity index (χ3v) is 2.34. The largest absolute Gasteiger partial charge is 0.385 e. The van der Waals surface area contributed by atoms with Gasteiger partial charge in [-0.25, -0.2) is 4.98 Å². The lowest BCUT2D eigenvalue weighted by atomic mass is 10.2. The lowest BCUT2D eigenvalue weighted by Gasteiger charge is -2.05. The quantitative estimate of drug-likeness (QED) is 0.732. The number of imidazole rings is 1. The molecule has 2 aromatic rings. The summed E-state index contributed by atoms with van der Waals surface area (Å²) >= 11 is 0. The molecule has 0 aliphatic heterocycles. The highest BCUT2D eigenvalue weighted by atomic mass is 16.3. The number of fused-ring (bicyclic) bond motifs is 1. The minimum Gasteiger partial charge on any atom is -0.385 e. The van der Waals surface area contributed by atoms with E-state index in [1.807, 2.05) is 29.5 Å². The van der Waals surface area contributed by atoms with E-state index < -0.39 is 6.10 Å². The molecule has 0 aliphatic carbocycles. The smallest absolute Gasteiger partial charge is 0.110 e. The van der Waals surface area contributed by atoms with Crippen molar-refractivity contribution in [2.45, 2.75) is 13.0 Å². The van der Waals surface area contributed by atoms with Crippen molar-refractivity contribution in [3.8, 4) is 0 Å². The summed E-state index contributed by atoms with van der Waals surface area (Å²) in [5.74, 6) is 0. The first-order valence-electron chi connectivity index (χ1n) is 4.54. The van der Waals surface area contributed by atoms with Gasteiger partial charge in [0, 0.05) is 12.2 Å². The van der Waals surface area contributed by atoms with Crippen molar-refractivity contribution in [1.29, 1.82) is 0 Å². The van der Waals surface area contributed by atoms with Crippen molar-refractivity contribution >= 4 is 5.52 Å². The molecule has 4 heteroatoms. The monoisotopic (exact) mass is 191 g/mol. The molecule has 0 aliphatic rings. The van der Waals surface area contributed by atoms with E-state index in [9.17, 15) is 5.11 Å². The van der Waals surface area contributed by atoms with Crippen molar-refractivity contribution in [3.63, 3.8) is 0 Å². The highest BCUT2D eigenvalue weighted by molar-refractivity contribution is 5.53. The SMILES string of the molecule is Cc1cccc2c(C(O)CN)ncn12. The number of pyridine rings is 1. The number of aliphatic hydroxyl groups excluding tert-OH is 1. The molecule has 0 saturated carbocycles. The molecule has 2 heterocycles. The molecule has 0 fully saturated rings.